The zero-order valence-electron chi connectivity index (χ0n) is 8.25. The maximum absolute atomic E-state index is 5.89. The molecule has 3 heteroatoms. The molecule has 1 nitrogen and oxygen atoms in total. The van der Waals surface area contributed by atoms with Gasteiger partial charge in [-0.1, -0.05) is 52.3 Å². The molecule has 0 bridgehead atoms. The Balaban J connectivity index is 2.74. The summed E-state index contributed by atoms with van der Waals surface area (Å²) < 4.78 is 6.37. The van der Waals surface area contributed by atoms with Gasteiger partial charge in [-0.25, -0.2) is 0 Å². The molecule has 0 amide bonds. The predicted octanol–water partition coefficient (Wildman–Crippen LogP) is 4.49. The molecule has 0 saturated carbocycles. The van der Waals surface area contributed by atoms with Crippen LogP contribution in [0.2, 0.25) is 5.02 Å². The molecule has 1 rings (SSSR count). The van der Waals surface area contributed by atoms with Gasteiger partial charge in [0.25, 0.3) is 0 Å². The van der Waals surface area contributed by atoms with Crippen molar-refractivity contribution in [2.45, 2.75) is 6.10 Å². The molecule has 1 aromatic carbocycles. The lowest BCUT2D eigenvalue weighted by Gasteiger charge is -2.14. The fourth-order valence-electron chi connectivity index (χ4n) is 1.16. The number of halogens is 2. The summed E-state index contributed by atoms with van der Waals surface area (Å²) in [7, 11) is 0. The molecule has 0 radical (unpaired) electrons. The van der Waals surface area contributed by atoms with Crippen LogP contribution in [0.25, 0.3) is 0 Å². The van der Waals surface area contributed by atoms with Crippen LogP contribution in [-0.2, 0) is 4.74 Å². The van der Waals surface area contributed by atoms with Crippen LogP contribution in [0, 0.1) is 0 Å². The molecule has 0 aromatic heterocycles. The second-order valence-corrected chi connectivity index (χ2v) is 4.60. The van der Waals surface area contributed by atoms with E-state index in [4.69, 9.17) is 16.3 Å². The SMILES string of the molecule is C=CC(OCC(=C)Br)c1cccc(Cl)c1. The minimum atomic E-state index is -0.155. The van der Waals surface area contributed by atoms with Gasteiger partial charge in [0, 0.05) is 9.51 Å². The number of ether oxygens (including phenoxy) is 1. The summed E-state index contributed by atoms with van der Waals surface area (Å²) in [4.78, 5) is 0. The van der Waals surface area contributed by atoms with Crippen molar-refractivity contribution in [1.82, 2.24) is 0 Å². The van der Waals surface area contributed by atoms with Gasteiger partial charge in [-0.3, -0.25) is 0 Å². The van der Waals surface area contributed by atoms with Gasteiger partial charge < -0.3 is 4.74 Å². The van der Waals surface area contributed by atoms with Crippen molar-refractivity contribution in [1.29, 1.82) is 0 Å². The molecular formula is C12H12BrClO. The third-order valence-electron chi connectivity index (χ3n) is 1.81. The first-order valence-corrected chi connectivity index (χ1v) is 5.63. The van der Waals surface area contributed by atoms with Gasteiger partial charge in [0.05, 0.1) is 6.61 Å². The van der Waals surface area contributed by atoms with Crippen molar-refractivity contribution >= 4 is 27.5 Å². The van der Waals surface area contributed by atoms with E-state index in [1.807, 2.05) is 24.3 Å². The van der Waals surface area contributed by atoms with E-state index in [0.29, 0.717) is 11.6 Å². The number of hydrogen-bond donors (Lipinski definition) is 0. The second-order valence-electron chi connectivity index (χ2n) is 3.04. The lowest BCUT2D eigenvalue weighted by atomic mass is 10.1. The van der Waals surface area contributed by atoms with Crippen molar-refractivity contribution in [3.8, 4) is 0 Å². The summed E-state index contributed by atoms with van der Waals surface area (Å²) in [6.45, 7) is 7.88. The van der Waals surface area contributed by atoms with Crippen LogP contribution < -0.4 is 0 Å². The maximum Gasteiger partial charge on any atom is 0.101 e. The average molecular weight is 288 g/mol. The van der Waals surface area contributed by atoms with Crippen molar-refractivity contribution in [2.24, 2.45) is 0 Å². The molecule has 0 fully saturated rings. The third-order valence-corrected chi connectivity index (χ3v) is 2.27. The zero-order chi connectivity index (χ0) is 11.3. The minimum absolute atomic E-state index is 0.155. The summed E-state index contributed by atoms with van der Waals surface area (Å²) in [5.41, 5.74) is 0.992. The smallest absolute Gasteiger partial charge is 0.101 e. The van der Waals surface area contributed by atoms with Crippen LogP contribution >= 0.6 is 27.5 Å². The molecule has 80 valence electrons. The summed E-state index contributed by atoms with van der Waals surface area (Å²) in [5, 5.41) is 0.695. The van der Waals surface area contributed by atoms with E-state index in [1.54, 1.807) is 6.08 Å². The Morgan fingerprint density at radius 1 is 1.60 bits per heavy atom. The molecule has 0 aliphatic heterocycles. The van der Waals surface area contributed by atoms with Gasteiger partial charge in [0.1, 0.15) is 6.10 Å². The molecule has 0 saturated heterocycles. The van der Waals surface area contributed by atoms with Crippen molar-refractivity contribution in [2.75, 3.05) is 6.61 Å². The van der Waals surface area contributed by atoms with Crippen LogP contribution in [-0.4, -0.2) is 6.61 Å². The van der Waals surface area contributed by atoms with Crippen LogP contribution in [0.3, 0.4) is 0 Å². The van der Waals surface area contributed by atoms with Crippen LogP contribution in [0.4, 0.5) is 0 Å². The Labute approximate surface area is 104 Å². The molecule has 0 aliphatic carbocycles. The minimum Gasteiger partial charge on any atom is -0.364 e. The van der Waals surface area contributed by atoms with Gasteiger partial charge in [0.2, 0.25) is 0 Å². The van der Waals surface area contributed by atoms with E-state index >= 15 is 0 Å². The van der Waals surface area contributed by atoms with Crippen LogP contribution in [0.5, 0.6) is 0 Å². The fraction of sp³-hybridized carbons (Fsp3) is 0.167. The molecule has 15 heavy (non-hydrogen) atoms. The normalized spacial score (nSPS) is 12.1. The number of rotatable bonds is 5. The van der Waals surface area contributed by atoms with Crippen LogP contribution in [0.1, 0.15) is 11.7 Å². The second kappa shape index (κ2) is 6.11. The van der Waals surface area contributed by atoms with Gasteiger partial charge in [-0.05, 0) is 17.7 Å². The summed E-state index contributed by atoms with van der Waals surface area (Å²) in [6.07, 6.45) is 1.58. The van der Waals surface area contributed by atoms with Crippen molar-refractivity contribution in [3.63, 3.8) is 0 Å². The van der Waals surface area contributed by atoms with E-state index in [0.717, 1.165) is 10.0 Å². The first-order chi connectivity index (χ1) is 7.13. The van der Waals surface area contributed by atoms with E-state index in [2.05, 4.69) is 29.1 Å². The van der Waals surface area contributed by atoms with Gasteiger partial charge >= 0.3 is 0 Å². The Kier molecular flexibility index (Phi) is 5.09. The first-order valence-electron chi connectivity index (χ1n) is 4.46. The highest BCUT2D eigenvalue weighted by molar-refractivity contribution is 9.11. The standard InChI is InChI=1S/C12H12BrClO/c1-3-12(15-8-9(2)13)10-5-4-6-11(14)7-10/h3-7,12H,1-2,8H2. The molecular weight excluding hydrogens is 275 g/mol. The first kappa shape index (κ1) is 12.5. The molecule has 0 N–H and O–H groups in total. The van der Waals surface area contributed by atoms with Crippen LogP contribution in [0.15, 0.2) is 48.0 Å². The number of hydrogen-bond acceptors (Lipinski definition) is 1. The highest BCUT2D eigenvalue weighted by Crippen LogP contribution is 2.22. The highest BCUT2D eigenvalue weighted by Gasteiger charge is 2.07. The summed E-state index contributed by atoms with van der Waals surface area (Å²) in [6, 6.07) is 7.54. The average Bonchev–Trinajstić information content (AvgIpc) is 2.18. The Morgan fingerprint density at radius 3 is 2.87 bits per heavy atom. The fourth-order valence-corrected chi connectivity index (χ4v) is 1.50. The molecule has 1 aromatic rings. The van der Waals surface area contributed by atoms with E-state index in [1.165, 1.54) is 0 Å². The molecule has 1 unspecified atom stereocenters. The lowest BCUT2D eigenvalue weighted by Crippen LogP contribution is -2.02. The molecule has 0 heterocycles. The molecule has 0 spiro atoms. The predicted molar refractivity (Wildman–Crippen MR) is 68.4 cm³/mol. The monoisotopic (exact) mass is 286 g/mol. The molecule has 0 aliphatic rings. The van der Waals surface area contributed by atoms with E-state index in [-0.39, 0.29) is 6.10 Å². The van der Waals surface area contributed by atoms with Gasteiger partial charge in [-0.15, -0.1) is 6.58 Å². The maximum atomic E-state index is 5.89. The van der Waals surface area contributed by atoms with Gasteiger partial charge in [-0.2, -0.15) is 0 Å². The third kappa shape index (κ3) is 4.20. The largest absolute Gasteiger partial charge is 0.364 e. The quantitative estimate of drug-likeness (QED) is 0.725. The highest BCUT2D eigenvalue weighted by atomic mass is 79.9. The van der Waals surface area contributed by atoms with E-state index < -0.39 is 0 Å². The molecule has 1 atom stereocenters. The van der Waals surface area contributed by atoms with E-state index in [9.17, 15) is 0 Å². The Hall–Kier alpha value is -0.570. The van der Waals surface area contributed by atoms with Gasteiger partial charge in [0.15, 0.2) is 0 Å². The number of benzene rings is 1. The Bertz CT molecular complexity index is 362. The lowest BCUT2D eigenvalue weighted by molar-refractivity contribution is 0.109. The van der Waals surface area contributed by atoms with Crippen molar-refractivity contribution < 1.29 is 4.74 Å². The zero-order valence-corrected chi connectivity index (χ0v) is 10.6. The summed E-state index contributed by atoms with van der Waals surface area (Å²) >= 11 is 9.13. The summed E-state index contributed by atoms with van der Waals surface area (Å²) in [5.74, 6) is 0. The van der Waals surface area contributed by atoms with Crippen molar-refractivity contribution in [3.05, 3.63) is 58.6 Å². The topological polar surface area (TPSA) is 9.23 Å². The Morgan fingerprint density at radius 2 is 2.33 bits per heavy atom.